The van der Waals surface area contributed by atoms with E-state index in [1.165, 1.54) is 19.3 Å². The van der Waals surface area contributed by atoms with Gasteiger partial charge in [-0.15, -0.1) is 0 Å². The van der Waals surface area contributed by atoms with E-state index in [0.29, 0.717) is 0 Å². The van der Waals surface area contributed by atoms with Crippen molar-refractivity contribution in [3.8, 4) is 0 Å². The average molecular weight is 236 g/mol. The summed E-state index contributed by atoms with van der Waals surface area (Å²) in [5.74, 6) is 2.45. The molecule has 0 saturated carbocycles. The van der Waals surface area contributed by atoms with Crippen LogP contribution in [0.5, 0.6) is 0 Å². The number of hydrogen-bond acceptors (Lipinski definition) is 0. The third-order valence-corrected chi connectivity index (χ3v) is 2.21. The molecule has 0 amide bonds. The molecule has 0 rings (SSSR count). The molecule has 0 heterocycles. The largest absolute Gasteiger partial charge is 2.00 e. The van der Waals surface area contributed by atoms with Crippen LogP contribution in [0.2, 0.25) is 0 Å². The molecule has 0 spiro atoms. The number of rotatable bonds is 4. The van der Waals surface area contributed by atoms with E-state index in [1.807, 2.05) is 0 Å². The SMILES string of the molecule is CCC(CC)[C-](C)C.C[CH-]CC.[Zn+2]. The Labute approximate surface area is 98.6 Å². The van der Waals surface area contributed by atoms with Gasteiger partial charge in [0.1, 0.15) is 0 Å². The summed E-state index contributed by atoms with van der Waals surface area (Å²) < 4.78 is 0. The van der Waals surface area contributed by atoms with E-state index in [2.05, 4.69) is 48.0 Å². The van der Waals surface area contributed by atoms with E-state index < -0.39 is 0 Å². The van der Waals surface area contributed by atoms with Crippen LogP contribution in [-0.2, 0) is 19.5 Å². The Morgan fingerprint density at radius 1 is 1.08 bits per heavy atom. The Hall–Kier alpha value is 0.623. The van der Waals surface area contributed by atoms with Crippen molar-refractivity contribution in [2.45, 2.75) is 60.8 Å². The van der Waals surface area contributed by atoms with Crippen molar-refractivity contribution in [1.82, 2.24) is 0 Å². The molecule has 0 atom stereocenters. The fourth-order valence-electron chi connectivity index (χ4n) is 1.11. The summed E-state index contributed by atoms with van der Waals surface area (Å²) in [4.78, 5) is 0. The van der Waals surface area contributed by atoms with Crippen molar-refractivity contribution < 1.29 is 19.5 Å². The molecule has 0 aromatic rings. The first-order chi connectivity index (χ1) is 5.63. The van der Waals surface area contributed by atoms with Crippen molar-refractivity contribution in [3.05, 3.63) is 12.3 Å². The summed E-state index contributed by atoms with van der Waals surface area (Å²) in [6.45, 7) is 13.1. The van der Waals surface area contributed by atoms with Gasteiger partial charge in [0.2, 0.25) is 0 Å². The van der Waals surface area contributed by atoms with E-state index in [4.69, 9.17) is 0 Å². The van der Waals surface area contributed by atoms with Crippen LogP contribution in [0.3, 0.4) is 0 Å². The van der Waals surface area contributed by atoms with Crippen molar-refractivity contribution in [2.75, 3.05) is 0 Å². The van der Waals surface area contributed by atoms with Gasteiger partial charge in [-0.05, 0) is 0 Å². The monoisotopic (exact) mass is 234 g/mol. The van der Waals surface area contributed by atoms with Crippen LogP contribution in [0.25, 0.3) is 0 Å². The van der Waals surface area contributed by atoms with Gasteiger partial charge in [-0.1, -0.05) is 33.6 Å². The molecule has 0 aliphatic carbocycles. The fourth-order valence-corrected chi connectivity index (χ4v) is 1.11. The smallest absolute Gasteiger partial charge is 0.332 e. The number of unbranched alkanes of at least 4 members (excludes halogenated alkanes) is 1. The van der Waals surface area contributed by atoms with E-state index in [0.717, 1.165) is 5.92 Å². The molecular formula is C12H26Zn. The second-order valence-corrected chi connectivity index (χ2v) is 3.41. The van der Waals surface area contributed by atoms with Gasteiger partial charge < -0.3 is 12.3 Å². The molecule has 13 heavy (non-hydrogen) atoms. The zero-order valence-electron chi connectivity index (χ0n) is 10.5. The minimum atomic E-state index is 0. The van der Waals surface area contributed by atoms with Crippen LogP contribution < -0.4 is 0 Å². The molecule has 0 radical (unpaired) electrons. The summed E-state index contributed by atoms with van der Waals surface area (Å²) in [6, 6.07) is 0. The molecule has 0 aromatic heterocycles. The van der Waals surface area contributed by atoms with Gasteiger partial charge in [-0.2, -0.15) is 33.1 Å². The zero-order valence-corrected chi connectivity index (χ0v) is 13.5. The second kappa shape index (κ2) is 15.1. The molecule has 0 nitrogen and oxygen atoms in total. The summed E-state index contributed by atoms with van der Waals surface area (Å²) in [7, 11) is 0. The standard InChI is InChI=1S/C8H17.C4H9.Zn/c1-5-8(6-2)7(3)4;1-3-4-2;/h8H,5-6H2,1-4H3;3H,4H2,1-2H3;/q2*-1;+2. The van der Waals surface area contributed by atoms with E-state index >= 15 is 0 Å². The maximum absolute atomic E-state index is 2.25. The molecule has 0 aromatic carbocycles. The minimum Gasteiger partial charge on any atom is -0.332 e. The Bertz CT molecular complexity index is 63.5. The van der Waals surface area contributed by atoms with Gasteiger partial charge >= 0.3 is 19.5 Å². The van der Waals surface area contributed by atoms with Gasteiger partial charge in [-0.3, -0.25) is 0 Å². The quantitative estimate of drug-likeness (QED) is 0.491. The van der Waals surface area contributed by atoms with Crippen molar-refractivity contribution in [1.29, 1.82) is 0 Å². The minimum absolute atomic E-state index is 0. The van der Waals surface area contributed by atoms with Crippen molar-refractivity contribution in [2.24, 2.45) is 5.92 Å². The third-order valence-electron chi connectivity index (χ3n) is 2.21. The van der Waals surface area contributed by atoms with E-state index in [-0.39, 0.29) is 19.5 Å². The van der Waals surface area contributed by atoms with Gasteiger partial charge in [0.05, 0.1) is 0 Å². The van der Waals surface area contributed by atoms with Crippen LogP contribution in [0.1, 0.15) is 60.8 Å². The maximum atomic E-state index is 2.25. The second-order valence-electron chi connectivity index (χ2n) is 3.41. The van der Waals surface area contributed by atoms with Crippen LogP contribution in [-0.4, -0.2) is 0 Å². The Morgan fingerprint density at radius 3 is 1.38 bits per heavy atom. The summed E-state index contributed by atoms with van der Waals surface area (Å²) in [5, 5.41) is 0. The molecule has 76 valence electrons. The van der Waals surface area contributed by atoms with Gasteiger partial charge in [0.25, 0.3) is 0 Å². The van der Waals surface area contributed by atoms with Crippen molar-refractivity contribution >= 4 is 0 Å². The van der Waals surface area contributed by atoms with Crippen LogP contribution in [0.15, 0.2) is 0 Å². The predicted octanol–water partition coefficient (Wildman–Crippen LogP) is 4.65. The third kappa shape index (κ3) is 15.4. The normalized spacial score (nSPS) is 9.23. The fraction of sp³-hybridized carbons (Fsp3) is 0.833. The van der Waals surface area contributed by atoms with Crippen molar-refractivity contribution in [3.63, 3.8) is 0 Å². The molecule has 0 fully saturated rings. The van der Waals surface area contributed by atoms with Gasteiger partial charge in [-0.25, -0.2) is 0 Å². The summed E-state index contributed by atoms with van der Waals surface area (Å²) in [5.41, 5.74) is 0. The Kier molecular flexibility index (Phi) is 22.4. The van der Waals surface area contributed by atoms with E-state index in [1.54, 1.807) is 5.92 Å². The summed E-state index contributed by atoms with van der Waals surface area (Å²) in [6.07, 6.45) is 5.93. The maximum Gasteiger partial charge on any atom is 2.00 e. The van der Waals surface area contributed by atoms with Crippen LogP contribution in [0.4, 0.5) is 0 Å². The van der Waals surface area contributed by atoms with Crippen LogP contribution >= 0.6 is 0 Å². The molecule has 0 unspecified atom stereocenters. The zero-order chi connectivity index (χ0) is 9.98. The van der Waals surface area contributed by atoms with E-state index in [9.17, 15) is 0 Å². The average Bonchev–Trinajstić information content (AvgIpc) is 2.07. The molecule has 1 heteroatoms. The first-order valence-corrected chi connectivity index (χ1v) is 5.21. The van der Waals surface area contributed by atoms with Crippen LogP contribution in [0, 0.1) is 18.3 Å². The molecule has 0 aliphatic rings. The number of hydrogen-bond donors (Lipinski definition) is 0. The first-order valence-electron chi connectivity index (χ1n) is 5.21. The molecule has 0 aliphatic heterocycles. The molecular weight excluding hydrogens is 210 g/mol. The molecule has 0 N–H and O–H groups in total. The first kappa shape index (κ1) is 19.2. The Morgan fingerprint density at radius 2 is 1.38 bits per heavy atom. The predicted molar refractivity (Wildman–Crippen MR) is 58.9 cm³/mol. The topological polar surface area (TPSA) is 0 Å². The van der Waals surface area contributed by atoms with Gasteiger partial charge in [0, 0.05) is 0 Å². The molecule has 0 saturated heterocycles. The molecule has 0 bridgehead atoms. The van der Waals surface area contributed by atoms with Gasteiger partial charge in [0.15, 0.2) is 0 Å². The Balaban J connectivity index is -0.000000173. The summed E-state index contributed by atoms with van der Waals surface area (Å²) >= 11 is 0.